The zero-order valence-electron chi connectivity index (χ0n) is 8.24. The van der Waals surface area contributed by atoms with Gasteiger partial charge in [-0.15, -0.1) is 0 Å². The second-order valence-electron chi connectivity index (χ2n) is 3.34. The first-order valence-electron chi connectivity index (χ1n) is 4.44. The van der Waals surface area contributed by atoms with Crippen molar-refractivity contribution in [1.29, 1.82) is 0 Å². The first-order chi connectivity index (χ1) is 7.09. The number of anilines is 1. The molecular formula is C10H11FN4. The highest BCUT2D eigenvalue weighted by atomic mass is 19.1. The maximum absolute atomic E-state index is 13.1. The Kier molecular flexibility index (Phi) is 2.07. The Labute approximate surface area is 86.3 Å². The molecule has 5 heteroatoms. The molecule has 78 valence electrons. The molecule has 0 radical (unpaired) electrons. The fourth-order valence-corrected chi connectivity index (χ4v) is 1.43. The van der Waals surface area contributed by atoms with E-state index in [1.807, 2.05) is 6.92 Å². The lowest BCUT2D eigenvalue weighted by atomic mass is 10.1. The summed E-state index contributed by atoms with van der Waals surface area (Å²) in [5.74, 6) is 5.51. The number of rotatable bonds is 1. The zero-order chi connectivity index (χ0) is 11.0. The fraction of sp³-hybridized carbons (Fsp3) is 0.100. The summed E-state index contributed by atoms with van der Waals surface area (Å²) in [6, 6.07) is 4.47. The van der Waals surface area contributed by atoms with E-state index in [0.29, 0.717) is 17.1 Å². The van der Waals surface area contributed by atoms with E-state index in [-0.39, 0.29) is 5.82 Å². The van der Waals surface area contributed by atoms with Gasteiger partial charge in [0.25, 0.3) is 0 Å². The lowest BCUT2D eigenvalue weighted by Crippen LogP contribution is -2.10. The maximum atomic E-state index is 13.1. The minimum absolute atomic E-state index is 0.318. The molecular weight excluding hydrogens is 195 g/mol. The fourth-order valence-electron chi connectivity index (χ4n) is 1.43. The minimum atomic E-state index is -0.318. The summed E-state index contributed by atoms with van der Waals surface area (Å²) < 4.78 is 14.3. The Balaban J connectivity index is 2.63. The molecule has 0 atom stereocenters. The van der Waals surface area contributed by atoms with Gasteiger partial charge in [-0.05, 0) is 24.6 Å². The van der Waals surface area contributed by atoms with Crippen LogP contribution in [-0.2, 0) is 0 Å². The zero-order valence-corrected chi connectivity index (χ0v) is 8.24. The van der Waals surface area contributed by atoms with Crippen molar-refractivity contribution in [2.45, 2.75) is 6.92 Å². The first kappa shape index (κ1) is 9.51. The molecule has 2 aromatic rings. The smallest absolute Gasteiger partial charge is 0.150 e. The van der Waals surface area contributed by atoms with Crippen LogP contribution < -0.4 is 11.6 Å². The van der Waals surface area contributed by atoms with Gasteiger partial charge in [0.15, 0.2) is 5.82 Å². The molecule has 4 nitrogen and oxygen atoms in total. The average molecular weight is 206 g/mol. The van der Waals surface area contributed by atoms with Crippen LogP contribution in [-0.4, -0.2) is 9.66 Å². The summed E-state index contributed by atoms with van der Waals surface area (Å²) in [4.78, 5) is 4.03. The van der Waals surface area contributed by atoms with Crippen molar-refractivity contribution in [3.63, 3.8) is 0 Å². The summed E-state index contributed by atoms with van der Waals surface area (Å²) in [7, 11) is 0. The van der Waals surface area contributed by atoms with E-state index >= 15 is 0 Å². The minimum Gasteiger partial charge on any atom is -0.382 e. The number of benzene rings is 1. The van der Waals surface area contributed by atoms with Crippen LogP contribution in [0.1, 0.15) is 5.56 Å². The topological polar surface area (TPSA) is 69.9 Å². The molecule has 0 aliphatic rings. The summed E-state index contributed by atoms with van der Waals surface area (Å²) in [5.41, 5.74) is 7.78. The number of aromatic nitrogens is 2. The van der Waals surface area contributed by atoms with E-state index in [4.69, 9.17) is 11.6 Å². The number of aryl methyl sites for hydroxylation is 1. The summed E-state index contributed by atoms with van der Waals surface area (Å²) >= 11 is 0. The third kappa shape index (κ3) is 1.52. The van der Waals surface area contributed by atoms with E-state index in [9.17, 15) is 4.39 Å². The molecule has 0 aliphatic heterocycles. The summed E-state index contributed by atoms with van der Waals surface area (Å²) in [5, 5.41) is 0. The van der Waals surface area contributed by atoms with Crippen LogP contribution in [0.3, 0.4) is 0 Å². The Morgan fingerprint density at radius 1 is 1.40 bits per heavy atom. The lowest BCUT2D eigenvalue weighted by Gasteiger charge is -2.04. The molecule has 0 amide bonds. The number of nitrogens with zero attached hydrogens (tertiary/aromatic N) is 2. The molecule has 1 aromatic heterocycles. The second-order valence-corrected chi connectivity index (χ2v) is 3.34. The Bertz CT molecular complexity index is 504. The van der Waals surface area contributed by atoms with Gasteiger partial charge in [-0.2, -0.15) is 0 Å². The van der Waals surface area contributed by atoms with Crippen LogP contribution in [0.2, 0.25) is 0 Å². The molecule has 0 bridgehead atoms. The molecule has 0 saturated heterocycles. The van der Waals surface area contributed by atoms with Crippen LogP contribution in [0.15, 0.2) is 24.5 Å². The molecule has 0 fully saturated rings. The largest absolute Gasteiger partial charge is 0.382 e. The standard InChI is InChI=1S/C10H11FN4/c1-6-2-3-7(11)4-8(6)9-10(12)15(13)5-14-9/h2-5H,12-13H2,1H3. The van der Waals surface area contributed by atoms with Gasteiger partial charge >= 0.3 is 0 Å². The third-order valence-electron chi connectivity index (χ3n) is 2.29. The van der Waals surface area contributed by atoms with Crippen molar-refractivity contribution in [2.24, 2.45) is 0 Å². The highest BCUT2D eigenvalue weighted by molar-refractivity contribution is 5.73. The van der Waals surface area contributed by atoms with Gasteiger partial charge < -0.3 is 11.6 Å². The molecule has 4 N–H and O–H groups in total. The monoisotopic (exact) mass is 206 g/mol. The number of hydrogen-bond acceptors (Lipinski definition) is 3. The van der Waals surface area contributed by atoms with Crippen molar-refractivity contribution in [3.8, 4) is 11.3 Å². The Morgan fingerprint density at radius 3 is 2.73 bits per heavy atom. The maximum Gasteiger partial charge on any atom is 0.150 e. The van der Waals surface area contributed by atoms with E-state index in [1.165, 1.54) is 23.1 Å². The van der Waals surface area contributed by atoms with E-state index in [0.717, 1.165) is 5.56 Å². The van der Waals surface area contributed by atoms with Crippen LogP contribution in [0.25, 0.3) is 11.3 Å². The van der Waals surface area contributed by atoms with Crippen molar-refractivity contribution >= 4 is 5.82 Å². The van der Waals surface area contributed by atoms with Crippen LogP contribution in [0.5, 0.6) is 0 Å². The normalized spacial score (nSPS) is 10.5. The number of halogens is 1. The molecule has 1 heterocycles. The van der Waals surface area contributed by atoms with E-state index in [1.54, 1.807) is 6.07 Å². The molecule has 0 aliphatic carbocycles. The van der Waals surface area contributed by atoms with Gasteiger partial charge in [0.05, 0.1) is 0 Å². The third-order valence-corrected chi connectivity index (χ3v) is 2.29. The van der Waals surface area contributed by atoms with Gasteiger partial charge in [-0.25, -0.2) is 14.1 Å². The second kappa shape index (κ2) is 3.27. The van der Waals surface area contributed by atoms with E-state index < -0.39 is 0 Å². The highest BCUT2D eigenvalue weighted by Gasteiger charge is 2.11. The SMILES string of the molecule is Cc1ccc(F)cc1-c1ncn(N)c1N. The number of imidazole rings is 1. The van der Waals surface area contributed by atoms with Gasteiger partial charge in [0.1, 0.15) is 17.8 Å². The quantitative estimate of drug-likeness (QED) is 0.691. The lowest BCUT2D eigenvalue weighted by molar-refractivity contribution is 0.628. The summed E-state index contributed by atoms with van der Waals surface area (Å²) in [6.45, 7) is 1.86. The van der Waals surface area contributed by atoms with Crippen molar-refractivity contribution in [2.75, 3.05) is 11.6 Å². The molecule has 2 rings (SSSR count). The average Bonchev–Trinajstić information content (AvgIpc) is 2.52. The predicted octanol–water partition coefficient (Wildman–Crippen LogP) is 1.29. The van der Waals surface area contributed by atoms with Crippen LogP contribution >= 0.6 is 0 Å². The molecule has 0 saturated carbocycles. The van der Waals surface area contributed by atoms with Gasteiger partial charge in [-0.1, -0.05) is 6.07 Å². The van der Waals surface area contributed by atoms with Crippen molar-refractivity contribution < 1.29 is 4.39 Å². The summed E-state index contributed by atoms with van der Waals surface area (Å²) in [6.07, 6.45) is 1.40. The van der Waals surface area contributed by atoms with Gasteiger partial charge in [0, 0.05) is 5.56 Å². The number of hydrogen-bond donors (Lipinski definition) is 2. The molecule has 15 heavy (non-hydrogen) atoms. The number of nitrogens with two attached hydrogens (primary N) is 2. The van der Waals surface area contributed by atoms with Crippen LogP contribution in [0, 0.1) is 12.7 Å². The number of nitrogen functional groups attached to an aromatic ring is 2. The van der Waals surface area contributed by atoms with Gasteiger partial charge in [-0.3, -0.25) is 0 Å². The Hall–Kier alpha value is -2.04. The molecule has 1 aromatic carbocycles. The predicted molar refractivity (Wildman–Crippen MR) is 56.9 cm³/mol. The highest BCUT2D eigenvalue weighted by Crippen LogP contribution is 2.26. The van der Waals surface area contributed by atoms with Gasteiger partial charge in [0.2, 0.25) is 0 Å². The Morgan fingerprint density at radius 2 is 2.13 bits per heavy atom. The van der Waals surface area contributed by atoms with E-state index in [2.05, 4.69) is 4.98 Å². The van der Waals surface area contributed by atoms with Crippen molar-refractivity contribution in [1.82, 2.24) is 9.66 Å². The van der Waals surface area contributed by atoms with Crippen molar-refractivity contribution in [3.05, 3.63) is 35.9 Å². The van der Waals surface area contributed by atoms with Crippen LogP contribution in [0.4, 0.5) is 10.2 Å². The molecule has 0 unspecified atom stereocenters. The molecule has 0 spiro atoms. The first-order valence-corrected chi connectivity index (χ1v) is 4.44.